The molecule has 0 fully saturated rings. The third-order valence-corrected chi connectivity index (χ3v) is 6.79. The SMILES string of the molecule is CCN(CC)S(=O)(=O)c1ccc(N=Nc2c(O)[nH]c3ccc(C(C)C)cc23)nc1. The number of aromatic hydroxyl groups is 1. The fourth-order valence-electron chi connectivity index (χ4n) is 3.04. The third kappa shape index (κ3) is 4.15. The first-order chi connectivity index (χ1) is 13.8. The van der Waals surface area contributed by atoms with Crippen LogP contribution in [0.1, 0.15) is 39.2 Å². The van der Waals surface area contributed by atoms with E-state index in [-0.39, 0.29) is 16.6 Å². The molecule has 0 bridgehead atoms. The zero-order valence-corrected chi connectivity index (χ0v) is 17.7. The topological polar surface area (TPSA) is 111 Å². The number of hydrogen-bond acceptors (Lipinski definition) is 6. The van der Waals surface area contributed by atoms with Gasteiger partial charge in [-0.2, -0.15) is 4.31 Å². The van der Waals surface area contributed by atoms with Gasteiger partial charge in [0.25, 0.3) is 0 Å². The van der Waals surface area contributed by atoms with Crippen LogP contribution in [0.3, 0.4) is 0 Å². The number of fused-ring (bicyclic) bond motifs is 1. The molecule has 154 valence electrons. The van der Waals surface area contributed by atoms with Crippen molar-refractivity contribution in [3.8, 4) is 5.88 Å². The van der Waals surface area contributed by atoms with Gasteiger partial charge in [0.2, 0.25) is 15.9 Å². The van der Waals surface area contributed by atoms with E-state index in [2.05, 4.69) is 34.0 Å². The molecule has 0 spiro atoms. The minimum atomic E-state index is -3.57. The Hall–Kier alpha value is -2.78. The van der Waals surface area contributed by atoms with Crippen LogP contribution >= 0.6 is 0 Å². The molecule has 2 N–H and O–H groups in total. The van der Waals surface area contributed by atoms with E-state index in [1.165, 1.54) is 22.6 Å². The monoisotopic (exact) mass is 415 g/mol. The summed E-state index contributed by atoms with van der Waals surface area (Å²) in [6.07, 6.45) is 1.27. The highest BCUT2D eigenvalue weighted by Crippen LogP contribution is 2.37. The molecule has 2 heterocycles. The van der Waals surface area contributed by atoms with Gasteiger partial charge in [-0.25, -0.2) is 13.4 Å². The summed E-state index contributed by atoms with van der Waals surface area (Å²) in [5.74, 6) is 0.505. The molecule has 0 saturated heterocycles. The van der Waals surface area contributed by atoms with E-state index < -0.39 is 10.0 Å². The smallest absolute Gasteiger partial charge is 0.244 e. The average Bonchev–Trinajstić information content (AvgIpc) is 3.01. The quantitative estimate of drug-likeness (QED) is 0.538. The lowest BCUT2D eigenvalue weighted by Crippen LogP contribution is -2.30. The molecule has 0 atom stereocenters. The number of azo groups is 1. The molecule has 0 unspecified atom stereocenters. The number of H-pyrrole nitrogens is 1. The van der Waals surface area contributed by atoms with Gasteiger partial charge in [0.05, 0.1) is 5.52 Å². The van der Waals surface area contributed by atoms with Gasteiger partial charge in [0, 0.05) is 24.7 Å². The predicted octanol–water partition coefficient (Wildman–Crippen LogP) is 4.84. The summed E-state index contributed by atoms with van der Waals surface area (Å²) < 4.78 is 26.4. The highest BCUT2D eigenvalue weighted by Gasteiger charge is 2.21. The molecule has 2 aromatic heterocycles. The average molecular weight is 416 g/mol. The van der Waals surface area contributed by atoms with Crippen LogP contribution in [0.4, 0.5) is 11.5 Å². The first-order valence-corrected chi connectivity index (χ1v) is 10.9. The second-order valence-corrected chi connectivity index (χ2v) is 8.86. The molecule has 0 radical (unpaired) electrons. The Morgan fingerprint density at radius 1 is 1.14 bits per heavy atom. The third-order valence-electron chi connectivity index (χ3n) is 4.76. The Morgan fingerprint density at radius 2 is 1.86 bits per heavy atom. The van der Waals surface area contributed by atoms with Gasteiger partial charge in [-0.3, -0.25) is 0 Å². The zero-order chi connectivity index (χ0) is 21.2. The number of hydrogen-bond donors (Lipinski definition) is 2. The molecule has 1 aromatic carbocycles. The first kappa shape index (κ1) is 20.9. The van der Waals surface area contributed by atoms with E-state index in [4.69, 9.17) is 0 Å². The van der Waals surface area contributed by atoms with Crippen molar-refractivity contribution in [3.05, 3.63) is 42.1 Å². The van der Waals surface area contributed by atoms with Gasteiger partial charge in [0.15, 0.2) is 11.5 Å². The Labute approximate surface area is 170 Å². The second-order valence-electron chi connectivity index (χ2n) is 6.92. The Kier molecular flexibility index (Phi) is 5.99. The molecular formula is C20H25N5O3S. The number of pyridine rings is 1. The van der Waals surface area contributed by atoms with Crippen molar-refractivity contribution >= 4 is 32.4 Å². The fourth-order valence-corrected chi connectivity index (χ4v) is 4.44. The van der Waals surface area contributed by atoms with E-state index in [0.29, 0.717) is 24.7 Å². The normalized spacial score (nSPS) is 12.6. The molecular weight excluding hydrogens is 390 g/mol. The highest BCUT2D eigenvalue weighted by molar-refractivity contribution is 7.89. The Balaban J connectivity index is 1.91. The van der Waals surface area contributed by atoms with Crippen LogP contribution in [0.5, 0.6) is 5.88 Å². The number of nitrogens with one attached hydrogen (secondary N) is 1. The summed E-state index contributed by atoms with van der Waals surface area (Å²) in [7, 11) is -3.57. The minimum absolute atomic E-state index is 0.0783. The van der Waals surface area contributed by atoms with Crippen LogP contribution in [0, 0.1) is 0 Å². The van der Waals surface area contributed by atoms with E-state index in [1.807, 2.05) is 18.2 Å². The van der Waals surface area contributed by atoms with Gasteiger partial charge in [0.1, 0.15) is 4.90 Å². The molecule has 0 aliphatic rings. The lowest BCUT2D eigenvalue weighted by molar-refractivity contribution is 0.445. The maximum Gasteiger partial charge on any atom is 0.244 e. The van der Waals surface area contributed by atoms with Crippen molar-refractivity contribution in [3.63, 3.8) is 0 Å². The molecule has 0 saturated carbocycles. The number of aromatic nitrogens is 2. The zero-order valence-electron chi connectivity index (χ0n) is 16.9. The maximum atomic E-state index is 12.5. The van der Waals surface area contributed by atoms with Crippen LogP contribution in [0.15, 0.2) is 51.7 Å². The Bertz CT molecular complexity index is 1130. The van der Waals surface area contributed by atoms with Crippen molar-refractivity contribution < 1.29 is 13.5 Å². The van der Waals surface area contributed by atoms with Crippen molar-refractivity contribution in [1.29, 1.82) is 0 Å². The predicted molar refractivity (Wildman–Crippen MR) is 113 cm³/mol. The van der Waals surface area contributed by atoms with Crippen molar-refractivity contribution in [1.82, 2.24) is 14.3 Å². The van der Waals surface area contributed by atoms with E-state index in [0.717, 1.165) is 16.5 Å². The van der Waals surface area contributed by atoms with Crippen molar-refractivity contribution in [2.24, 2.45) is 10.2 Å². The van der Waals surface area contributed by atoms with E-state index in [9.17, 15) is 13.5 Å². The van der Waals surface area contributed by atoms with Crippen LogP contribution in [0.25, 0.3) is 10.9 Å². The molecule has 0 amide bonds. The molecule has 29 heavy (non-hydrogen) atoms. The molecule has 8 nitrogen and oxygen atoms in total. The number of aromatic amines is 1. The fraction of sp³-hybridized carbons (Fsp3) is 0.350. The van der Waals surface area contributed by atoms with E-state index >= 15 is 0 Å². The number of nitrogens with zero attached hydrogens (tertiary/aromatic N) is 4. The summed E-state index contributed by atoms with van der Waals surface area (Å²) >= 11 is 0. The summed E-state index contributed by atoms with van der Waals surface area (Å²) in [6, 6.07) is 8.82. The van der Waals surface area contributed by atoms with Crippen LogP contribution in [-0.4, -0.2) is 40.9 Å². The summed E-state index contributed by atoms with van der Waals surface area (Å²) in [4.78, 5) is 7.08. The van der Waals surface area contributed by atoms with Gasteiger partial charge < -0.3 is 10.1 Å². The summed E-state index contributed by atoms with van der Waals surface area (Å²) in [5.41, 5.74) is 2.20. The molecule has 3 aromatic rings. The molecule has 0 aliphatic heterocycles. The molecule has 9 heteroatoms. The number of rotatable bonds is 7. The summed E-state index contributed by atoms with van der Waals surface area (Å²) in [5, 5.41) is 19.2. The van der Waals surface area contributed by atoms with Gasteiger partial charge in [-0.1, -0.05) is 33.8 Å². The highest BCUT2D eigenvalue weighted by atomic mass is 32.2. The van der Waals surface area contributed by atoms with Crippen LogP contribution < -0.4 is 0 Å². The largest absolute Gasteiger partial charge is 0.493 e. The number of benzene rings is 1. The van der Waals surface area contributed by atoms with Gasteiger partial charge in [-0.15, -0.1) is 10.2 Å². The number of sulfonamides is 1. The second kappa shape index (κ2) is 8.30. The molecule has 3 rings (SSSR count). The minimum Gasteiger partial charge on any atom is -0.493 e. The van der Waals surface area contributed by atoms with E-state index in [1.54, 1.807) is 13.8 Å². The van der Waals surface area contributed by atoms with Crippen LogP contribution in [0.2, 0.25) is 0 Å². The lowest BCUT2D eigenvalue weighted by atomic mass is 10.0. The van der Waals surface area contributed by atoms with Gasteiger partial charge in [-0.05, 0) is 35.7 Å². The van der Waals surface area contributed by atoms with Gasteiger partial charge >= 0.3 is 0 Å². The van der Waals surface area contributed by atoms with Crippen molar-refractivity contribution in [2.45, 2.75) is 38.5 Å². The molecule has 0 aliphatic carbocycles. The maximum absolute atomic E-state index is 12.5. The van der Waals surface area contributed by atoms with Crippen LogP contribution in [-0.2, 0) is 10.0 Å². The summed E-state index contributed by atoms with van der Waals surface area (Å²) in [6.45, 7) is 8.53. The lowest BCUT2D eigenvalue weighted by Gasteiger charge is -2.17. The Morgan fingerprint density at radius 3 is 2.45 bits per heavy atom. The standard InChI is InChI=1S/C20H25N5O3S/c1-5-25(6-2)29(27,28)15-8-10-18(21-12-15)23-24-19-16-11-14(13(3)4)7-9-17(16)22-20(19)26/h7-13,22,26H,5-6H2,1-4H3. The van der Waals surface area contributed by atoms with Crippen molar-refractivity contribution in [2.75, 3.05) is 13.1 Å². The first-order valence-electron chi connectivity index (χ1n) is 9.50.